The number of carbonyl (C=O) groups excluding carboxylic acids is 3. The third kappa shape index (κ3) is 5.37. The van der Waals surface area contributed by atoms with Crippen LogP contribution in [-0.2, 0) is 22.4 Å². The highest BCUT2D eigenvalue weighted by Crippen LogP contribution is 2.31. The van der Waals surface area contributed by atoms with Crippen molar-refractivity contribution in [2.75, 3.05) is 22.1 Å². The van der Waals surface area contributed by atoms with E-state index in [1.165, 1.54) is 0 Å². The number of carbonyl (C=O) groups is 3. The monoisotopic (exact) mass is 517 g/mol. The van der Waals surface area contributed by atoms with Crippen LogP contribution in [0.15, 0.2) is 77.5 Å². The van der Waals surface area contributed by atoms with Crippen molar-refractivity contribution in [1.29, 1.82) is 0 Å². The lowest BCUT2D eigenvalue weighted by molar-refractivity contribution is -0.120. The molecular weight excluding hydrogens is 490 g/mol. The van der Waals surface area contributed by atoms with Crippen molar-refractivity contribution in [3.8, 4) is 5.75 Å². The summed E-state index contributed by atoms with van der Waals surface area (Å²) in [6.07, 6.45) is 1.58. The number of amides is 3. The SMILES string of the molecule is CCOc1ccc(N2C(=O)C(Cl)=C(Nc3cccc(C(=O)Nc4c(CC)cccc4CC)c3)C2=O)cc1. The van der Waals surface area contributed by atoms with E-state index in [1.54, 1.807) is 48.5 Å². The molecule has 0 atom stereocenters. The zero-order valence-corrected chi connectivity index (χ0v) is 21.7. The minimum atomic E-state index is -0.629. The topological polar surface area (TPSA) is 87.7 Å². The van der Waals surface area contributed by atoms with E-state index in [0.717, 1.165) is 34.6 Å². The lowest BCUT2D eigenvalue weighted by Crippen LogP contribution is -2.32. The van der Waals surface area contributed by atoms with Crippen molar-refractivity contribution < 1.29 is 19.1 Å². The first-order valence-electron chi connectivity index (χ1n) is 12.2. The summed E-state index contributed by atoms with van der Waals surface area (Å²) < 4.78 is 5.42. The standard InChI is InChI=1S/C29H28ClN3O4/c1-4-18-9-7-10-19(5-2)25(18)32-27(34)20-11-8-12-21(17-20)31-26-24(30)28(35)33(29(26)36)22-13-15-23(16-14-22)37-6-3/h7-17,31H,4-6H2,1-3H3,(H,32,34). The Bertz CT molecular complexity index is 1360. The zero-order chi connectivity index (χ0) is 26.5. The lowest BCUT2D eigenvalue weighted by atomic mass is 10.0. The highest BCUT2D eigenvalue weighted by atomic mass is 35.5. The van der Waals surface area contributed by atoms with Gasteiger partial charge in [0.2, 0.25) is 0 Å². The fraction of sp³-hybridized carbons (Fsp3) is 0.207. The first kappa shape index (κ1) is 26.0. The van der Waals surface area contributed by atoms with E-state index in [9.17, 15) is 14.4 Å². The molecule has 37 heavy (non-hydrogen) atoms. The van der Waals surface area contributed by atoms with Gasteiger partial charge in [-0.05, 0) is 73.4 Å². The number of nitrogens with one attached hydrogen (secondary N) is 2. The second-order valence-corrected chi connectivity index (χ2v) is 8.76. The molecule has 4 rings (SSSR count). The van der Waals surface area contributed by atoms with Crippen molar-refractivity contribution in [2.45, 2.75) is 33.6 Å². The van der Waals surface area contributed by atoms with E-state index >= 15 is 0 Å². The number of para-hydroxylation sites is 1. The van der Waals surface area contributed by atoms with E-state index in [4.69, 9.17) is 16.3 Å². The summed E-state index contributed by atoms with van der Waals surface area (Å²) in [5.74, 6) is -0.858. The molecule has 7 nitrogen and oxygen atoms in total. The Morgan fingerprint density at radius 3 is 2.16 bits per heavy atom. The summed E-state index contributed by atoms with van der Waals surface area (Å²) in [7, 11) is 0. The number of nitrogens with zero attached hydrogens (tertiary/aromatic N) is 1. The van der Waals surface area contributed by atoms with Gasteiger partial charge in [-0.15, -0.1) is 0 Å². The molecule has 0 radical (unpaired) electrons. The van der Waals surface area contributed by atoms with Gasteiger partial charge >= 0.3 is 0 Å². The Morgan fingerprint density at radius 2 is 1.54 bits per heavy atom. The maximum atomic E-state index is 13.1. The molecule has 1 aliphatic rings. The molecule has 0 saturated carbocycles. The molecule has 0 aliphatic carbocycles. The number of hydrogen-bond acceptors (Lipinski definition) is 5. The molecule has 3 amide bonds. The molecule has 0 unspecified atom stereocenters. The van der Waals surface area contributed by atoms with Crippen molar-refractivity contribution in [3.63, 3.8) is 0 Å². The Morgan fingerprint density at radius 1 is 0.892 bits per heavy atom. The number of hydrogen-bond donors (Lipinski definition) is 2. The molecule has 0 saturated heterocycles. The highest BCUT2D eigenvalue weighted by molar-refractivity contribution is 6.53. The smallest absolute Gasteiger partial charge is 0.283 e. The van der Waals surface area contributed by atoms with Gasteiger partial charge in [0.1, 0.15) is 16.5 Å². The van der Waals surface area contributed by atoms with Crippen LogP contribution in [0.1, 0.15) is 42.3 Å². The molecule has 0 spiro atoms. The summed E-state index contributed by atoms with van der Waals surface area (Å²) in [4.78, 5) is 40.1. The average molecular weight is 518 g/mol. The number of aryl methyl sites for hydroxylation is 2. The number of ether oxygens (including phenoxy) is 1. The highest BCUT2D eigenvalue weighted by Gasteiger charge is 2.39. The largest absolute Gasteiger partial charge is 0.494 e. The molecule has 0 fully saturated rings. The van der Waals surface area contributed by atoms with E-state index < -0.39 is 11.8 Å². The Balaban J connectivity index is 1.54. The van der Waals surface area contributed by atoms with Crippen LogP contribution in [0.2, 0.25) is 0 Å². The summed E-state index contributed by atoms with van der Waals surface area (Å²) >= 11 is 6.28. The van der Waals surface area contributed by atoms with Crippen LogP contribution in [0.25, 0.3) is 0 Å². The molecular formula is C29H28ClN3O4. The second kappa shape index (κ2) is 11.3. The summed E-state index contributed by atoms with van der Waals surface area (Å²) in [5.41, 5.74) is 4.12. The van der Waals surface area contributed by atoms with Crippen molar-refractivity contribution >= 4 is 46.4 Å². The van der Waals surface area contributed by atoms with Crippen LogP contribution in [0.3, 0.4) is 0 Å². The average Bonchev–Trinajstić information content (AvgIpc) is 3.12. The minimum Gasteiger partial charge on any atom is -0.494 e. The van der Waals surface area contributed by atoms with Crippen LogP contribution in [0, 0.1) is 0 Å². The third-order valence-corrected chi connectivity index (χ3v) is 6.42. The fourth-order valence-electron chi connectivity index (χ4n) is 4.18. The Hall–Kier alpha value is -4.10. The van der Waals surface area contributed by atoms with Crippen molar-refractivity contribution in [3.05, 3.63) is 94.1 Å². The third-order valence-electron chi connectivity index (χ3n) is 6.06. The minimum absolute atomic E-state index is 0.0530. The first-order chi connectivity index (χ1) is 17.9. The van der Waals surface area contributed by atoms with Crippen molar-refractivity contribution in [2.24, 2.45) is 0 Å². The maximum absolute atomic E-state index is 13.1. The lowest BCUT2D eigenvalue weighted by Gasteiger charge is -2.16. The number of anilines is 3. The van der Waals surface area contributed by atoms with Crippen LogP contribution in [0.4, 0.5) is 17.1 Å². The Kier molecular flexibility index (Phi) is 7.94. The quantitative estimate of drug-likeness (QED) is 0.345. The molecule has 8 heteroatoms. The van der Waals surface area contributed by atoms with Crippen LogP contribution >= 0.6 is 11.6 Å². The normalized spacial score (nSPS) is 13.2. The summed E-state index contributed by atoms with van der Waals surface area (Å²) in [6.45, 7) is 6.46. The van der Waals surface area contributed by atoms with Gasteiger partial charge in [0.25, 0.3) is 17.7 Å². The van der Waals surface area contributed by atoms with Gasteiger partial charge in [-0.2, -0.15) is 0 Å². The number of halogens is 1. The molecule has 2 N–H and O–H groups in total. The molecule has 3 aromatic carbocycles. The van der Waals surface area contributed by atoms with Crippen molar-refractivity contribution in [1.82, 2.24) is 0 Å². The molecule has 3 aromatic rings. The fourth-order valence-corrected chi connectivity index (χ4v) is 4.39. The molecule has 1 aliphatic heterocycles. The number of imide groups is 1. The molecule has 0 aromatic heterocycles. The van der Waals surface area contributed by atoms with Gasteiger partial charge in [-0.3, -0.25) is 14.4 Å². The van der Waals surface area contributed by atoms with Gasteiger partial charge in [0.15, 0.2) is 0 Å². The predicted molar refractivity (Wildman–Crippen MR) is 146 cm³/mol. The molecule has 0 bridgehead atoms. The molecule has 190 valence electrons. The first-order valence-corrected chi connectivity index (χ1v) is 12.6. The van der Waals surface area contributed by atoms with Crippen LogP contribution in [0.5, 0.6) is 5.75 Å². The van der Waals surface area contributed by atoms with E-state index in [1.807, 2.05) is 39.0 Å². The zero-order valence-electron chi connectivity index (χ0n) is 20.9. The van der Waals surface area contributed by atoms with Crippen LogP contribution < -0.4 is 20.3 Å². The van der Waals surface area contributed by atoms with Gasteiger partial charge in [-0.25, -0.2) is 4.90 Å². The maximum Gasteiger partial charge on any atom is 0.283 e. The van der Waals surface area contributed by atoms with Crippen LogP contribution in [-0.4, -0.2) is 24.3 Å². The van der Waals surface area contributed by atoms with E-state index in [0.29, 0.717) is 29.3 Å². The van der Waals surface area contributed by atoms with Gasteiger partial charge in [-0.1, -0.05) is 49.7 Å². The van der Waals surface area contributed by atoms with E-state index in [2.05, 4.69) is 10.6 Å². The van der Waals surface area contributed by atoms with Gasteiger partial charge in [0.05, 0.1) is 12.3 Å². The second-order valence-electron chi connectivity index (χ2n) is 8.38. The number of benzene rings is 3. The molecule has 1 heterocycles. The summed E-state index contributed by atoms with van der Waals surface area (Å²) in [5, 5.41) is 5.75. The van der Waals surface area contributed by atoms with Gasteiger partial charge < -0.3 is 15.4 Å². The van der Waals surface area contributed by atoms with Gasteiger partial charge in [0, 0.05) is 16.9 Å². The number of rotatable bonds is 9. The predicted octanol–water partition coefficient (Wildman–Crippen LogP) is 5.90. The summed E-state index contributed by atoms with van der Waals surface area (Å²) in [6, 6.07) is 19.3. The Labute approximate surface area is 221 Å². The van der Waals surface area contributed by atoms with E-state index in [-0.39, 0.29) is 16.6 Å².